The van der Waals surface area contributed by atoms with Crippen LogP contribution in [0.4, 0.5) is 32.0 Å². The second kappa shape index (κ2) is 4.88. The predicted octanol–water partition coefficient (Wildman–Crippen LogP) is 3.67. The van der Waals surface area contributed by atoms with Gasteiger partial charge in [-0.05, 0) is 6.07 Å². The molecule has 1 aromatic rings. The number of alkyl halides is 6. The van der Waals surface area contributed by atoms with E-state index >= 15 is 0 Å². The summed E-state index contributed by atoms with van der Waals surface area (Å²) in [5, 5.41) is 19.6. The van der Waals surface area contributed by atoms with Gasteiger partial charge in [0.05, 0.1) is 4.92 Å². The first-order chi connectivity index (χ1) is 8.80. The summed E-state index contributed by atoms with van der Waals surface area (Å²) >= 11 is 2.56. The van der Waals surface area contributed by atoms with Crippen molar-refractivity contribution in [2.75, 3.05) is 0 Å². The third-order valence-electron chi connectivity index (χ3n) is 2.33. The maximum atomic E-state index is 12.6. The van der Waals surface area contributed by atoms with E-state index in [1.807, 2.05) is 0 Å². The van der Waals surface area contributed by atoms with Gasteiger partial charge in [0, 0.05) is 22.2 Å². The number of benzene rings is 1. The summed E-state index contributed by atoms with van der Waals surface area (Å²) in [4.78, 5) is 9.29. The fourth-order valence-electron chi connectivity index (χ4n) is 1.38. The van der Waals surface area contributed by atoms with E-state index in [4.69, 9.17) is 5.11 Å². The highest BCUT2D eigenvalue weighted by Gasteiger charge is 2.71. The molecule has 0 saturated carbocycles. The molecule has 11 heteroatoms. The molecule has 0 aromatic heterocycles. The molecule has 112 valence electrons. The van der Waals surface area contributed by atoms with Crippen molar-refractivity contribution in [1.29, 1.82) is 0 Å². The quantitative estimate of drug-likeness (QED) is 0.492. The minimum Gasteiger partial charge on any atom is -0.369 e. The highest BCUT2D eigenvalue weighted by molar-refractivity contribution is 9.10. The zero-order valence-corrected chi connectivity index (χ0v) is 10.7. The van der Waals surface area contributed by atoms with Crippen LogP contribution in [0.15, 0.2) is 22.7 Å². The third kappa shape index (κ3) is 2.73. The van der Waals surface area contributed by atoms with Gasteiger partial charge in [-0.1, -0.05) is 15.9 Å². The molecule has 0 fully saturated rings. The summed E-state index contributed by atoms with van der Waals surface area (Å²) in [5.74, 6) is 0. The number of hydrogen-bond donors (Lipinski definition) is 1. The molecule has 0 aliphatic heterocycles. The first kappa shape index (κ1) is 16.7. The Bertz CT molecular complexity index is 527. The van der Waals surface area contributed by atoms with E-state index in [1.165, 1.54) is 0 Å². The van der Waals surface area contributed by atoms with Crippen molar-refractivity contribution in [3.63, 3.8) is 0 Å². The molecule has 20 heavy (non-hydrogen) atoms. The lowest BCUT2D eigenvalue weighted by Gasteiger charge is -2.32. The SMILES string of the molecule is O=[N+]([O-])c1cc(Br)cc(C(O)(C(F)(F)F)C(F)(F)F)c1. The van der Waals surface area contributed by atoms with Gasteiger partial charge in [-0.2, -0.15) is 26.3 Å². The lowest BCUT2D eigenvalue weighted by Crippen LogP contribution is -2.53. The van der Waals surface area contributed by atoms with Gasteiger partial charge in [-0.25, -0.2) is 0 Å². The van der Waals surface area contributed by atoms with Crippen molar-refractivity contribution in [2.24, 2.45) is 0 Å². The molecular weight excluding hydrogens is 364 g/mol. The van der Waals surface area contributed by atoms with Crippen molar-refractivity contribution in [3.05, 3.63) is 38.3 Å². The van der Waals surface area contributed by atoms with Gasteiger partial charge in [0.2, 0.25) is 0 Å². The van der Waals surface area contributed by atoms with Crippen LogP contribution >= 0.6 is 15.9 Å². The minimum atomic E-state index is -6.10. The molecule has 0 heterocycles. The van der Waals surface area contributed by atoms with E-state index in [2.05, 4.69) is 15.9 Å². The molecule has 1 rings (SSSR count). The normalized spacial score (nSPS) is 13.4. The van der Waals surface area contributed by atoms with Crippen molar-refractivity contribution in [2.45, 2.75) is 18.0 Å². The average molecular weight is 368 g/mol. The molecule has 0 atom stereocenters. The van der Waals surface area contributed by atoms with E-state index in [9.17, 15) is 36.5 Å². The number of halogens is 7. The van der Waals surface area contributed by atoms with E-state index in [0.717, 1.165) is 0 Å². The van der Waals surface area contributed by atoms with Gasteiger partial charge >= 0.3 is 12.4 Å². The van der Waals surface area contributed by atoms with Crippen molar-refractivity contribution in [1.82, 2.24) is 0 Å². The van der Waals surface area contributed by atoms with Crippen LogP contribution in [0.5, 0.6) is 0 Å². The standard InChI is InChI=1S/C9H4BrF6NO3/c10-5-1-4(2-6(3-5)17(19)20)7(18,8(11,12)13)9(14,15)16/h1-3,18H. The Morgan fingerprint density at radius 3 is 1.85 bits per heavy atom. The second-order valence-corrected chi connectivity index (χ2v) is 4.58. The molecule has 0 unspecified atom stereocenters. The molecule has 0 aliphatic rings. The largest absolute Gasteiger partial charge is 0.430 e. The maximum Gasteiger partial charge on any atom is 0.430 e. The number of hydrogen-bond acceptors (Lipinski definition) is 3. The zero-order valence-electron chi connectivity index (χ0n) is 9.09. The highest BCUT2D eigenvalue weighted by Crippen LogP contribution is 2.50. The first-order valence-corrected chi connectivity index (χ1v) is 5.41. The van der Waals surface area contributed by atoms with Crippen molar-refractivity contribution in [3.8, 4) is 0 Å². The minimum absolute atomic E-state index is 0.0196. The van der Waals surface area contributed by atoms with E-state index < -0.39 is 38.6 Å². The van der Waals surface area contributed by atoms with Gasteiger partial charge in [0.15, 0.2) is 0 Å². The van der Waals surface area contributed by atoms with Crippen molar-refractivity contribution >= 4 is 21.6 Å². The van der Waals surface area contributed by atoms with Crippen LogP contribution in [-0.4, -0.2) is 22.4 Å². The average Bonchev–Trinajstić information content (AvgIpc) is 2.23. The van der Waals surface area contributed by atoms with Gasteiger partial charge < -0.3 is 5.11 Å². The van der Waals surface area contributed by atoms with E-state index in [1.54, 1.807) is 0 Å². The molecule has 0 bridgehead atoms. The van der Waals surface area contributed by atoms with Gasteiger partial charge in [0.1, 0.15) is 0 Å². The highest BCUT2D eigenvalue weighted by atomic mass is 79.9. The molecular formula is C9H4BrF6NO3. The van der Waals surface area contributed by atoms with Gasteiger partial charge in [-0.15, -0.1) is 0 Å². The molecule has 0 spiro atoms. The fourth-order valence-corrected chi connectivity index (χ4v) is 1.86. The Morgan fingerprint density at radius 1 is 1.05 bits per heavy atom. The summed E-state index contributed by atoms with van der Waals surface area (Å²) in [6.45, 7) is 0. The Balaban J connectivity index is 3.64. The monoisotopic (exact) mass is 367 g/mol. The Labute approximate surface area is 115 Å². The van der Waals surface area contributed by atoms with Crippen LogP contribution in [-0.2, 0) is 5.60 Å². The zero-order chi connectivity index (χ0) is 15.9. The number of rotatable bonds is 2. The summed E-state index contributed by atoms with van der Waals surface area (Å²) in [6, 6.07) is 1.04. The van der Waals surface area contributed by atoms with Crippen LogP contribution in [0.1, 0.15) is 5.56 Å². The second-order valence-electron chi connectivity index (χ2n) is 3.66. The van der Waals surface area contributed by atoms with Gasteiger partial charge in [-0.3, -0.25) is 10.1 Å². The molecule has 1 aromatic carbocycles. The Hall–Kier alpha value is -1.36. The molecule has 4 nitrogen and oxygen atoms in total. The number of non-ortho nitro benzene ring substituents is 1. The third-order valence-corrected chi connectivity index (χ3v) is 2.79. The van der Waals surface area contributed by atoms with Crippen LogP contribution in [0.3, 0.4) is 0 Å². The lowest BCUT2D eigenvalue weighted by atomic mass is 9.92. The summed E-state index contributed by atoms with van der Waals surface area (Å²) in [6.07, 6.45) is -12.2. The van der Waals surface area contributed by atoms with Crippen molar-refractivity contribution < 1.29 is 36.4 Å². The fraction of sp³-hybridized carbons (Fsp3) is 0.333. The summed E-state index contributed by atoms with van der Waals surface area (Å²) < 4.78 is 75.2. The number of nitro groups is 1. The smallest absolute Gasteiger partial charge is 0.369 e. The maximum absolute atomic E-state index is 12.6. The molecule has 0 aliphatic carbocycles. The van der Waals surface area contributed by atoms with E-state index in [-0.39, 0.29) is 6.07 Å². The number of aliphatic hydroxyl groups is 1. The molecule has 0 saturated heterocycles. The van der Waals surface area contributed by atoms with Gasteiger partial charge in [0.25, 0.3) is 11.3 Å². The lowest BCUT2D eigenvalue weighted by molar-refractivity contribution is -0.387. The topological polar surface area (TPSA) is 63.4 Å². The van der Waals surface area contributed by atoms with Crippen LogP contribution in [0.2, 0.25) is 0 Å². The Kier molecular flexibility index (Phi) is 4.07. The Morgan fingerprint density at radius 2 is 1.50 bits per heavy atom. The summed E-state index contributed by atoms with van der Waals surface area (Å²) in [5.41, 5.74) is -7.92. The first-order valence-electron chi connectivity index (χ1n) is 4.62. The molecule has 1 N–H and O–H groups in total. The number of nitro benzene ring substituents is 1. The molecule has 0 radical (unpaired) electrons. The summed E-state index contributed by atoms with van der Waals surface area (Å²) in [7, 11) is 0. The predicted molar refractivity (Wildman–Crippen MR) is 56.8 cm³/mol. The van der Waals surface area contributed by atoms with Crippen LogP contribution in [0, 0.1) is 10.1 Å². The number of nitrogens with zero attached hydrogens (tertiary/aromatic N) is 1. The van der Waals surface area contributed by atoms with Crippen LogP contribution in [0.25, 0.3) is 0 Å². The van der Waals surface area contributed by atoms with E-state index in [0.29, 0.717) is 12.1 Å². The van der Waals surface area contributed by atoms with Crippen LogP contribution < -0.4 is 0 Å². The molecule has 0 amide bonds.